The highest BCUT2D eigenvalue weighted by Crippen LogP contribution is 2.24. The van der Waals surface area contributed by atoms with E-state index in [0.29, 0.717) is 5.92 Å². The van der Waals surface area contributed by atoms with Crippen LogP contribution in [0.2, 0.25) is 0 Å². The lowest BCUT2D eigenvalue weighted by Gasteiger charge is -2.23. The molecule has 0 aliphatic carbocycles. The Morgan fingerprint density at radius 2 is 2.46 bits per heavy atom. The molecule has 1 aliphatic rings. The average molecular weight is 176 g/mol. The Labute approximate surface area is 79.4 Å². The fourth-order valence-corrected chi connectivity index (χ4v) is 2.02. The lowest BCUT2D eigenvalue weighted by atomic mass is 9.90. The second-order valence-corrected chi connectivity index (χ2v) is 3.78. The van der Waals surface area contributed by atoms with Gasteiger partial charge in [0.25, 0.3) is 0 Å². The Morgan fingerprint density at radius 3 is 3.15 bits per heavy atom. The van der Waals surface area contributed by atoms with Crippen LogP contribution in [-0.4, -0.2) is 18.1 Å². The molecule has 1 fully saturated rings. The minimum absolute atomic E-state index is 0.683. The number of pyridine rings is 1. The first-order chi connectivity index (χ1) is 6.38. The predicted molar refractivity (Wildman–Crippen MR) is 53.8 cm³/mol. The van der Waals surface area contributed by atoms with E-state index >= 15 is 0 Å². The molecule has 2 nitrogen and oxygen atoms in total. The lowest BCUT2D eigenvalue weighted by molar-refractivity contribution is 0.459. The fourth-order valence-electron chi connectivity index (χ4n) is 2.02. The minimum atomic E-state index is 0.683. The van der Waals surface area contributed by atoms with Crippen LogP contribution in [0.25, 0.3) is 0 Å². The zero-order valence-corrected chi connectivity index (χ0v) is 8.09. The molecule has 1 atom stereocenters. The van der Waals surface area contributed by atoms with Crippen molar-refractivity contribution in [2.24, 2.45) is 0 Å². The van der Waals surface area contributed by atoms with E-state index in [-0.39, 0.29) is 0 Å². The van der Waals surface area contributed by atoms with Crippen molar-refractivity contribution in [3.8, 4) is 0 Å². The summed E-state index contributed by atoms with van der Waals surface area (Å²) < 4.78 is 0. The Kier molecular flexibility index (Phi) is 2.60. The van der Waals surface area contributed by atoms with Crippen LogP contribution in [0.15, 0.2) is 18.5 Å². The Bertz CT molecular complexity index is 277. The van der Waals surface area contributed by atoms with Crippen LogP contribution < -0.4 is 5.32 Å². The summed E-state index contributed by atoms with van der Waals surface area (Å²) in [5.74, 6) is 0.683. The second kappa shape index (κ2) is 3.88. The molecule has 13 heavy (non-hydrogen) atoms. The van der Waals surface area contributed by atoms with Crippen molar-refractivity contribution in [1.82, 2.24) is 10.3 Å². The maximum Gasteiger partial charge on any atom is 0.0305 e. The molecule has 0 spiro atoms. The van der Waals surface area contributed by atoms with E-state index in [1.807, 2.05) is 12.4 Å². The number of nitrogens with zero attached hydrogens (tertiary/aromatic N) is 1. The molecule has 0 bridgehead atoms. The minimum Gasteiger partial charge on any atom is -0.316 e. The molecule has 0 amide bonds. The van der Waals surface area contributed by atoms with Crippen molar-refractivity contribution in [2.45, 2.75) is 25.7 Å². The van der Waals surface area contributed by atoms with Crippen LogP contribution in [0.1, 0.15) is 29.9 Å². The van der Waals surface area contributed by atoms with Crippen LogP contribution >= 0.6 is 0 Å². The van der Waals surface area contributed by atoms with E-state index in [4.69, 9.17) is 0 Å². The molecule has 2 heteroatoms. The van der Waals surface area contributed by atoms with Gasteiger partial charge in [-0.2, -0.15) is 0 Å². The van der Waals surface area contributed by atoms with Crippen LogP contribution in [0, 0.1) is 6.92 Å². The molecule has 1 aliphatic heterocycles. The first-order valence-corrected chi connectivity index (χ1v) is 4.99. The van der Waals surface area contributed by atoms with Gasteiger partial charge in [-0.1, -0.05) is 0 Å². The first-order valence-electron chi connectivity index (χ1n) is 4.99. The molecule has 1 unspecified atom stereocenters. The van der Waals surface area contributed by atoms with Gasteiger partial charge >= 0.3 is 0 Å². The van der Waals surface area contributed by atoms with Gasteiger partial charge in [-0.3, -0.25) is 4.98 Å². The zero-order valence-electron chi connectivity index (χ0n) is 8.09. The summed E-state index contributed by atoms with van der Waals surface area (Å²) in [4.78, 5) is 4.19. The zero-order chi connectivity index (χ0) is 9.10. The Balaban J connectivity index is 2.18. The maximum absolute atomic E-state index is 4.19. The van der Waals surface area contributed by atoms with Crippen LogP contribution in [-0.2, 0) is 0 Å². The van der Waals surface area contributed by atoms with Gasteiger partial charge in [0.1, 0.15) is 0 Å². The van der Waals surface area contributed by atoms with Crippen LogP contribution in [0.5, 0.6) is 0 Å². The molecule has 0 aromatic carbocycles. The molecule has 2 rings (SSSR count). The van der Waals surface area contributed by atoms with Gasteiger partial charge in [-0.15, -0.1) is 0 Å². The predicted octanol–water partition coefficient (Wildman–Crippen LogP) is 1.86. The summed E-state index contributed by atoms with van der Waals surface area (Å²) >= 11 is 0. The van der Waals surface area contributed by atoms with Gasteiger partial charge in [0.2, 0.25) is 0 Å². The summed E-state index contributed by atoms with van der Waals surface area (Å²) in [6.07, 6.45) is 6.49. The van der Waals surface area contributed by atoms with Gasteiger partial charge in [-0.25, -0.2) is 0 Å². The molecule has 1 aromatic heterocycles. The van der Waals surface area contributed by atoms with Crippen molar-refractivity contribution in [3.05, 3.63) is 29.6 Å². The van der Waals surface area contributed by atoms with E-state index in [1.165, 1.54) is 30.5 Å². The first kappa shape index (κ1) is 8.70. The van der Waals surface area contributed by atoms with E-state index in [2.05, 4.69) is 23.3 Å². The lowest BCUT2D eigenvalue weighted by Crippen LogP contribution is -2.28. The summed E-state index contributed by atoms with van der Waals surface area (Å²) in [5.41, 5.74) is 2.80. The third kappa shape index (κ3) is 1.89. The van der Waals surface area contributed by atoms with Crippen molar-refractivity contribution < 1.29 is 0 Å². The standard InChI is InChI=1S/C11H16N2/c1-9-4-6-13-8-11(9)10-3-2-5-12-7-10/h4,6,8,10,12H,2-3,5,7H2,1H3. The van der Waals surface area contributed by atoms with Gasteiger partial charge < -0.3 is 5.32 Å². The second-order valence-electron chi connectivity index (χ2n) is 3.78. The molecule has 70 valence electrons. The van der Waals surface area contributed by atoms with E-state index < -0.39 is 0 Å². The average Bonchev–Trinajstić information content (AvgIpc) is 2.20. The number of rotatable bonds is 1. The molecular formula is C11H16N2. The highest BCUT2D eigenvalue weighted by Gasteiger charge is 2.16. The van der Waals surface area contributed by atoms with Crippen LogP contribution in [0.4, 0.5) is 0 Å². The number of aromatic nitrogens is 1. The number of hydrogen-bond donors (Lipinski definition) is 1. The molecule has 0 saturated carbocycles. The quantitative estimate of drug-likeness (QED) is 0.706. The maximum atomic E-state index is 4.19. The summed E-state index contributed by atoms with van der Waals surface area (Å²) in [6, 6.07) is 2.10. The number of aryl methyl sites for hydroxylation is 1. The van der Waals surface area contributed by atoms with Gasteiger partial charge in [0.05, 0.1) is 0 Å². The topological polar surface area (TPSA) is 24.9 Å². The van der Waals surface area contributed by atoms with Crippen molar-refractivity contribution in [1.29, 1.82) is 0 Å². The molecule has 1 saturated heterocycles. The molecule has 1 aromatic rings. The third-order valence-corrected chi connectivity index (χ3v) is 2.82. The summed E-state index contributed by atoms with van der Waals surface area (Å²) in [7, 11) is 0. The van der Waals surface area contributed by atoms with Gasteiger partial charge in [-0.05, 0) is 49.4 Å². The van der Waals surface area contributed by atoms with Crippen molar-refractivity contribution in [3.63, 3.8) is 0 Å². The number of nitrogens with one attached hydrogen (secondary N) is 1. The molecule has 1 N–H and O–H groups in total. The van der Waals surface area contributed by atoms with E-state index in [1.54, 1.807) is 0 Å². The number of piperidine rings is 1. The highest BCUT2D eigenvalue weighted by molar-refractivity contribution is 5.26. The Morgan fingerprint density at radius 1 is 1.54 bits per heavy atom. The monoisotopic (exact) mass is 176 g/mol. The normalized spacial score (nSPS) is 23.0. The smallest absolute Gasteiger partial charge is 0.0305 e. The van der Waals surface area contributed by atoms with Crippen LogP contribution in [0.3, 0.4) is 0 Å². The summed E-state index contributed by atoms with van der Waals surface area (Å²) in [6.45, 7) is 4.47. The van der Waals surface area contributed by atoms with E-state index in [0.717, 1.165) is 6.54 Å². The molecule has 2 heterocycles. The SMILES string of the molecule is Cc1ccncc1C1CCCNC1. The van der Waals surface area contributed by atoms with Gasteiger partial charge in [0, 0.05) is 18.9 Å². The third-order valence-electron chi connectivity index (χ3n) is 2.82. The van der Waals surface area contributed by atoms with Crippen molar-refractivity contribution in [2.75, 3.05) is 13.1 Å². The fraction of sp³-hybridized carbons (Fsp3) is 0.545. The largest absolute Gasteiger partial charge is 0.316 e. The molecular weight excluding hydrogens is 160 g/mol. The number of hydrogen-bond acceptors (Lipinski definition) is 2. The molecule has 0 radical (unpaired) electrons. The summed E-state index contributed by atoms with van der Waals surface area (Å²) in [5, 5.41) is 3.43. The van der Waals surface area contributed by atoms with Gasteiger partial charge in [0.15, 0.2) is 0 Å². The van der Waals surface area contributed by atoms with Crippen molar-refractivity contribution >= 4 is 0 Å². The Hall–Kier alpha value is -0.890. The van der Waals surface area contributed by atoms with E-state index in [9.17, 15) is 0 Å². The highest BCUT2D eigenvalue weighted by atomic mass is 14.9.